The molecule has 0 unspecified atom stereocenters. The lowest BCUT2D eigenvalue weighted by Crippen LogP contribution is -2.39. The first kappa shape index (κ1) is 16.8. The fraction of sp³-hybridized carbons (Fsp3) is 0.474. The Hall–Kier alpha value is -2.70. The minimum absolute atomic E-state index is 0.0506. The van der Waals surface area contributed by atoms with Crippen LogP contribution in [-0.4, -0.2) is 26.7 Å². The summed E-state index contributed by atoms with van der Waals surface area (Å²) in [4.78, 5) is 38.3. The van der Waals surface area contributed by atoms with Gasteiger partial charge in [-0.3, -0.25) is 14.4 Å². The molecule has 0 spiro atoms. The van der Waals surface area contributed by atoms with E-state index in [0.717, 1.165) is 44.2 Å². The van der Waals surface area contributed by atoms with E-state index in [0.29, 0.717) is 11.5 Å². The first-order valence-corrected chi connectivity index (χ1v) is 9.19. The number of pyridine rings is 1. The van der Waals surface area contributed by atoms with Gasteiger partial charge in [-0.2, -0.15) is 5.10 Å². The largest absolute Gasteiger partial charge is 0.349 e. The maximum absolute atomic E-state index is 12.3. The molecule has 2 aliphatic carbocycles. The summed E-state index contributed by atoms with van der Waals surface area (Å²) in [5, 5.41) is 7.57. The Bertz CT molecular complexity index is 921. The summed E-state index contributed by atoms with van der Waals surface area (Å²) < 4.78 is 1.64. The number of carbonyl (C=O) groups is 1. The van der Waals surface area contributed by atoms with Gasteiger partial charge in [0, 0.05) is 35.9 Å². The maximum Gasteiger partial charge on any atom is 0.267 e. The zero-order valence-electron chi connectivity index (χ0n) is 14.5. The number of nitrogens with zero attached hydrogens (tertiary/aromatic N) is 2. The standard InChI is InChI=1S/C19H22N4O3/c24-17-11-13(9-10-20-17)19(26)21-14-3-5-15(6-4-14)23-18(25)8-7-16(22-23)12-1-2-12/h7-12,14-15H,1-6H2,(H,20,24)(H,21,26). The lowest BCUT2D eigenvalue weighted by atomic mass is 9.91. The normalized spacial score (nSPS) is 22.8. The van der Waals surface area contributed by atoms with Crippen LogP contribution in [0.1, 0.15) is 66.5 Å². The van der Waals surface area contributed by atoms with E-state index in [9.17, 15) is 14.4 Å². The molecule has 2 N–H and O–H groups in total. The van der Waals surface area contributed by atoms with Crippen LogP contribution in [0.2, 0.25) is 0 Å². The molecule has 2 aromatic rings. The Morgan fingerprint density at radius 3 is 2.54 bits per heavy atom. The highest BCUT2D eigenvalue weighted by atomic mass is 16.2. The molecule has 136 valence electrons. The average Bonchev–Trinajstić information content (AvgIpc) is 3.48. The lowest BCUT2D eigenvalue weighted by Gasteiger charge is -2.29. The molecular weight excluding hydrogens is 332 g/mol. The summed E-state index contributed by atoms with van der Waals surface area (Å²) in [6.45, 7) is 0. The number of rotatable bonds is 4. The summed E-state index contributed by atoms with van der Waals surface area (Å²) in [7, 11) is 0. The summed E-state index contributed by atoms with van der Waals surface area (Å²) in [5.74, 6) is 0.289. The van der Waals surface area contributed by atoms with Crippen molar-refractivity contribution in [1.82, 2.24) is 20.1 Å². The molecule has 4 rings (SSSR count). The number of nitrogens with one attached hydrogen (secondary N) is 2. The molecule has 0 aliphatic heterocycles. The van der Waals surface area contributed by atoms with Crippen molar-refractivity contribution in [3.63, 3.8) is 0 Å². The minimum Gasteiger partial charge on any atom is -0.349 e. The van der Waals surface area contributed by atoms with Crippen LogP contribution < -0.4 is 16.4 Å². The second-order valence-electron chi connectivity index (χ2n) is 7.24. The molecule has 0 aromatic carbocycles. The Labute approximate surface area is 150 Å². The van der Waals surface area contributed by atoms with Gasteiger partial charge in [0.1, 0.15) is 0 Å². The highest BCUT2D eigenvalue weighted by molar-refractivity contribution is 5.94. The number of hydrogen-bond acceptors (Lipinski definition) is 4. The first-order chi connectivity index (χ1) is 12.6. The average molecular weight is 354 g/mol. The van der Waals surface area contributed by atoms with Gasteiger partial charge in [0.25, 0.3) is 11.5 Å². The molecule has 2 heterocycles. The molecule has 0 atom stereocenters. The van der Waals surface area contributed by atoms with Crippen LogP contribution >= 0.6 is 0 Å². The second kappa shape index (κ2) is 6.90. The van der Waals surface area contributed by atoms with Crippen LogP contribution in [0.25, 0.3) is 0 Å². The lowest BCUT2D eigenvalue weighted by molar-refractivity contribution is 0.0921. The number of H-pyrrole nitrogens is 1. The fourth-order valence-corrected chi connectivity index (χ4v) is 3.62. The van der Waals surface area contributed by atoms with Crippen molar-refractivity contribution in [2.45, 2.75) is 56.5 Å². The van der Waals surface area contributed by atoms with Crippen molar-refractivity contribution in [1.29, 1.82) is 0 Å². The summed E-state index contributed by atoms with van der Waals surface area (Å²) in [6, 6.07) is 6.52. The number of carbonyl (C=O) groups excluding carboxylic acids is 1. The van der Waals surface area contributed by atoms with E-state index in [2.05, 4.69) is 15.4 Å². The van der Waals surface area contributed by atoms with Crippen molar-refractivity contribution in [3.8, 4) is 0 Å². The van der Waals surface area contributed by atoms with Crippen LogP contribution in [0.15, 0.2) is 40.1 Å². The SMILES string of the molecule is O=C(NC1CCC(n2nc(C3CC3)ccc2=O)CC1)c1cc[nH]c(=O)c1. The first-order valence-electron chi connectivity index (χ1n) is 9.19. The van der Waals surface area contributed by atoms with Crippen LogP contribution in [-0.2, 0) is 0 Å². The predicted octanol–water partition coefficient (Wildman–Crippen LogP) is 1.72. The van der Waals surface area contributed by atoms with Crippen LogP contribution in [0.5, 0.6) is 0 Å². The fourth-order valence-electron chi connectivity index (χ4n) is 3.62. The molecule has 2 aliphatic rings. The molecule has 26 heavy (non-hydrogen) atoms. The van der Waals surface area contributed by atoms with Crippen LogP contribution in [0.4, 0.5) is 0 Å². The van der Waals surface area contributed by atoms with Gasteiger partial charge in [0.2, 0.25) is 5.56 Å². The number of amides is 1. The van der Waals surface area contributed by atoms with Crippen molar-refractivity contribution in [2.75, 3.05) is 0 Å². The van der Waals surface area contributed by atoms with Gasteiger partial charge in [-0.1, -0.05) is 0 Å². The summed E-state index contributed by atoms with van der Waals surface area (Å²) >= 11 is 0. The van der Waals surface area contributed by atoms with Gasteiger partial charge in [-0.25, -0.2) is 4.68 Å². The van der Waals surface area contributed by atoms with E-state index in [-0.39, 0.29) is 29.1 Å². The third kappa shape index (κ3) is 3.61. The molecule has 0 saturated heterocycles. The van der Waals surface area contributed by atoms with Crippen molar-refractivity contribution < 1.29 is 4.79 Å². The Kier molecular flexibility index (Phi) is 4.44. The van der Waals surface area contributed by atoms with Gasteiger partial charge < -0.3 is 10.3 Å². The van der Waals surface area contributed by atoms with Gasteiger partial charge >= 0.3 is 0 Å². The minimum atomic E-state index is -0.289. The zero-order chi connectivity index (χ0) is 18.1. The van der Waals surface area contributed by atoms with E-state index < -0.39 is 0 Å². The Morgan fingerprint density at radius 1 is 1.08 bits per heavy atom. The quantitative estimate of drug-likeness (QED) is 0.874. The molecule has 2 aromatic heterocycles. The van der Waals surface area contributed by atoms with Crippen LogP contribution in [0.3, 0.4) is 0 Å². The number of hydrogen-bond donors (Lipinski definition) is 2. The maximum atomic E-state index is 12.3. The van der Waals surface area contributed by atoms with Crippen LogP contribution in [0, 0.1) is 0 Å². The van der Waals surface area contributed by atoms with Crippen molar-refractivity contribution in [3.05, 3.63) is 62.4 Å². The van der Waals surface area contributed by atoms with Gasteiger partial charge in [-0.15, -0.1) is 0 Å². The molecule has 0 bridgehead atoms. The topological polar surface area (TPSA) is 96.8 Å². The van der Waals surface area contributed by atoms with Gasteiger partial charge in [-0.05, 0) is 50.7 Å². The molecule has 1 amide bonds. The zero-order valence-corrected chi connectivity index (χ0v) is 14.5. The Balaban J connectivity index is 1.38. The highest BCUT2D eigenvalue weighted by Crippen LogP contribution is 2.38. The summed E-state index contributed by atoms with van der Waals surface area (Å²) in [5.41, 5.74) is 1.05. The Morgan fingerprint density at radius 2 is 1.85 bits per heavy atom. The third-order valence-electron chi connectivity index (χ3n) is 5.26. The van der Waals surface area contributed by atoms with E-state index >= 15 is 0 Å². The molecule has 0 radical (unpaired) electrons. The van der Waals surface area contributed by atoms with Crippen molar-refractivity contribution in [2.24, 2.45) is 0 Å². The molecule has 7 nitrogen and oxygen atoms in total. The van der Waals surface area contributed by atoms with E-state index in [1.54, 1.807) is 16.8 Å². The van der Waals surface area contributed by atoms with E-state index in [1.165, 1.54) is 12.3 Å². The van der Waals surface area contributed by atoms with E-state index in [4.69, 9.17) is 0 Å². The molecular formula is C19H22N4O3. The van der Waals surface area contributed by atoms with Gasteiger partial charge in [0.15, 0.2) is 0 Å². The smallest absolute Gasteiger partial charge is 0.267 e. The van der Waals surface area contributed by atoms with Crippen molar-refractivity contribution >= 4 is 5.91 Å². The molecule has 2 fully saturated rings. The third-order valence-corrected chi connectivity index (χ3v) is 5.26. The predicted molar refractivity (Wildman–Crippen MR) is 96.3 cm³/mol. The second-order valence-corrected chi connectivity index (χ2v) is 7.24. The number of aromatic nitrogens is 3. The molecule has 7 heteroatoms. The molecule has 2 saturated carbocycles. The monoisotopic (exact) mass is 354 g/mol. The highest BCUT2D eigenvalue weighted by Gasteiger charge is 2.28. The van der Waals surface area contributed by atoms with E-state index in [1.807, 2.05) is 6.07 Å². The summed E-state index contributed by atoms with van der Waals surface area (Å²) in [6.07, 6.45) is 6.99. The van der Waals surface area contributed by atoms with Gasteiger partial charge in [0.05, 0.1) is 11.7 Å². The number of aromatic amines is 1.